The number of carbonyl (C=O) groups excluding carboxylic acids is 1. The van der Waals surface area contributed by atoms with Crippen LogP contribution in [0.3, 0.4) is 0 Å². The molecule has 0 bridgehead atoms. The predicted molar refractivity (Wildman–Crippen MR) is 85.6 cm³/mol. The van der Waals surface area contributed by atoms with Gasteiger partial charge in [0.2, 0.25) is 5.91 Å². The summed E-state index contributed by atoms with van der Waals surface area (Å²) in [4.78, 5) is 12.1. The Kier molecular flexibility index (Phi) is 4.93. The first-order valence-electron chi connectivity index (χ1n) is 6.42. The first-order chi connectivity index (χ1) is 9.54. The van der Waals surface area contributed by atoms with Crippen LogP contribution in [-0.2, 0) is 11.2 Å². The topological polar surface area (TPSA) is 55.1 Å². The van der Waals surface area contributed by atoms with Crippen molar-refractivity contribution in [1.82, 2.24) is 0 Å². The van der Waals surface area contributed by atoms with Crippen molar-refractivity contribution in [3.63, 3.8) is 0 Å². The number of amides is 1. The lowest BCUT2D eigenvalue weighted by atomic mass is 10.1. The maximum atomic E-state index is 12.1. The second-order valence-corrected chi connectivity index (χ2v) is 5.72. The first kappa shape index (κ1) is 14.8. The SMILES string of the molecule is Cc1cc(Br)cc(NC(=O)[C@@H](N)Cc2ccccc2)c1. The number of nitrogens with two attached hydrogens (primary N) is 1. The summed E-state index contributed by atoms with van der Waals surface area (Å²) < 4.78 is 0.935. The highest BCUT2D eigenvalue weighted by Crippen LogP contribution is 2.19. The Morgan fingerprint density at radius 2 is 1.95 bits per heavy atom. The molecule has 3 nitrogen and oxygen atoms in total. The van der Waals surface area contributed by atoms with E-state index in [1.807, 2.05) is 55.5 Å². The van der Waals surface area contributed by atoms with Gasteiger partial charge >= 0.3 is 0 Å². The van der Waals surface area contributed by atoms with Gasteiger partial charge in [-0.1, -0.05) is 46.3 Å². The van der Waals surface area contributed by atoms with Crippen LogP contribution in [0, 0.1) is 6.92 Å². The van der Waals surface area contributed by atoms with Gasteiger partial charge in [0.05, 0.1) is 6.04 Å². The zero-order valence-corrected chi connectivity index (χ0v) is 12.9. The van der Waals surface area contributed by atoms with Gasteiger partial charge in [0, 0.05) is 10.2 Å². The smallest absolute Gasteiger partial charge is 0.241 e. The second-order valence-electron chi connectivity index (χ2n) is 4.80. The van der Waals surface area contributed by atoms with E-state index in [0.29, 0.717) is 6.42 Å². The molecule has 20 heavy (non-hydrogen) atoms. The molecule has 0 saturated carbocycles. The van der Waals surface area contributed by atoms with Crippen LogP contribution in [0.1, 0.15) is 11.1 Å². The van der Waals surface area contributed by atoms with Gasteiger partial charge in [-0.15, -0.1) is 0 Å². The summed E-state index contributed by atoms with van der Waals surface area (Å²) in [7, 11) is 0. The summed E-state index contributed by atoms with van der Waals surface area (Å²) in [6.45, 7) is 1.98. The number of hydrogen-bond donors (Lipinski definition) is 2. The highest BCUT2D eigenvalue weighted by molar-refractivity contribution is 9.10. The molecule has 0 aliphatic carbocycles. The van der Waals surface area contributed by atoms with E-state index in [-0.39, 0.29) is 5.91 Å². The van der Waals surface area contributed by atoms with E-state index in [4.69, 9.17) is 5.73 Å². The Bertz CT molecular complexity index is 578. The van der Waals surface area contributed by atoms with Gasteiger partial charge < -0.3 is 11.1 Å². The third-order valence-corrected chi connectivity index (χ3v) is 3.40. The van der Waals surface area contributed by atoms with Crippen LogP contribution in [0.5, 0.6) is 0 Å². The standard InChI is InChI=1S/C16H17BrN2O/c1-11-7-13(17)10-14(8-11)19-16(20)15(18)9-12-5-3-2-4-6-12/h2-8,10,15H,9,18H2,1H3,(H,19,20)/t15-/m0/s1. The Morgan fingerprint density at radius 3 is 2.60 bits per heavy atom. The van der Waals surface area contributed by atoms with Crippen LogP contribution in [0.15, 0.2) is 53.0 Å². The van der Waals surface area contributed by atoms with Crippen LogP contribution >= 0.6 is 15.9 Å². The van der Waals surface area contributed by atoms with Crippen molar-refractivity contribution in [2.45, 2.75) is 19.4 Å². The third kappa shape index (κ3) is 4.18. The zero-order valence-electron chi connectivity index (χ0n) is 11.3. The number of benzene rings is 2. The molecular weight excluding hydrogens is 316 g/mol. The minimum absolute atomic E-state index is 0.175. The monoisotopic (exact) mass is 332 g/mol. The van der Waals surface area contributed by atoms with E-state index < -0.39 is 6.04 Å². The molecular formula is C16H17BrN2O. The minimum Gasteiger partial charge on any atom is -0.325 e. The molecule has 104 valence electrons. The summed E-state index contributed by atoms with van der Waals surface area (Å²) in [5.74, 6) is -0.175. The highest BCUT2D eigenvalue weighted by Gasteiger charge is 2.14. The van der Waals surface area contributed by atoms with Crippen molar-refractivity contribution >= 4 is 27.5 Å². The molecule has 4 heteroatoms. The van der Waals surface area contributed by atoms with E-state index in [9.17, 15) is 4.79 Å². The van der Waals surface area contributed by atoms with Crippen molar-refractivity contribution < 1.29 is 4.79 Å². The number of halogens is 1. The summed E-state index contributed by atoms with van der Waals surface area (Å²) in [5.41, 5.74) is 8.84. The average molecular weight is 333 g/mol. The van der Waals surface area contributed by atoms with E-state index in [0.717, 1.165) is 21.3 Å². The van der Waals surface area contributed by atoms with E-state index >= 15 is 0 Å². The summed E-state index contributed by atoms with van der Waals surface area (Å²) >= 11 is 3.41. The lowest BCUT2D eigenvalue weighted by molar-refractivity contribution is -0.117. The lowest BCUT2D eigenvalue weighted by Crippen LogP contribution is -2.37. The fraction of sp³-hybridized carbons (Fsp3) is 0.188. The molecule has 0 aliphatic rings. The largest absolute Gasteiger partial charge is 0.325 e. The van der Waals surface area contributed by atoms with Gasteiger partial charge in [-0.2, -0.15) is 0 Å². The first-order valence-corrected chi connectivity index (χ1v) is 7.21. The molecule has 0 fully saturated rings. The number of carbonyl (C=O) groups is 1. The van der Waals surface area contributed by atoms with Crippen LogP contribution in [0.2, 0.25) is 0 Å². The summed E-state index contributed by atoms with van der Waals surface area (Å²) in [6, 6.07) is 15.0. The molecule has 0 unspecified atom stereocenters. The maximum absolute atomic E-state index is 12.1. The van der Waals surface area contributed by atoms with Crippen LogP contribution < -0.4 is 11.1 Å². The van der Waals surface area contributed by atoms with Gasteiger partial charge in [0.15, 0.2) is 0 Å². The fourth-order valence-corrected chi connectivity index (χ4v) is 2.61. The predicted octanol–water partition coefficient (Wildman–Crippen LogP) is 3.27. The average Bonchev–Trinajstić information content (AvgIpc) is 2.38. The van der Waals surface area contributed by atoms with Gasteiger partial charge in [-0.25, -0.2) is 0 Å². The Hall–Kier alpha value is -1.65. The number of aryl methyl sites for hydroxylation is 1. The van der Waals surface area contributed by atoms with Crippen LogP contribution in [0.25, 0.3) is 0 Å². The number of rotatable bonds is 4. The molecule has 3 N–H and O–H groups in total. The van der Waals surface area contributed by atoms with Crippen molar-refractivity contribution in [1.29, 1.82) is 0 Å². The number of nitrogens with one attached hydrogen (secondary N) is 1. The number of anilines is 1. The van der Waals surface area contributed by atoms with E-state index in [2.05, 4.69) is 21.2 Å². The molecule has 0 spiro atoms. The molecule has 0 aromatic heterocycles. The Labute approximate surface area is 127 Å². The lowest BCUT2D eigenvalue weighted by Gasteiger charge is -2.13. The maximum Gasteiger partial charge on any atom is 0.241 e. The highest BCUT2D eigenvalue weighted by atomic mass is 79.9. The Balaban J connectivity index is 2.00. The van der Waals surface area contributed by atoms with Gasteiger partial charge in [0.1, 0.15) is 0 Å². The molecule has 0 radical (unpaired) electrons. The minimum atomic E-state index is -0.559. The molecule has 1 atom stereocenters. The van der Waals surface area contributed by atoms with Crippen molar-refractivity contribution in [3.8, 4) is 0 Å². The van der Waals surface area contributed by atoms with E-state index in [1.165, 1.54) is 0 Å². The molecule has 2 aromatic carbocycles. The quantitative estimate of drug-likeness (QED) is 0.902. The zero-order chi connectivity index (χ0) is 14.5. The number of hydrogen-bond acceptors (Lipinski definition) is 2. The van der Waals surface area contributed by atoms with Crippen LogP contribution in [0.4, 0.5) is 5.69 Å². The van der Waals surface area contributed by atoms with Crippen molar-refractivity contribution in [2.75, 3.05) is 5.32 Å². The van der Waals surface area contributed by atoms with Crippen molar-refractivity contribution in [2.24, 2.45) is 5.73 Å². The normalized spacial score (nSPS) is 11.9. The van der Waals surface area contributed by atoms with Gasteiger partial charge in [0.25, 0.3) is 0 Å². The fourth-order valence-electron chi connectivity index (χ4n) is 2.00. The summed E-state index contributed by atoms with van der Waals surface area (Å²) in [6.07, 6.45) is 0.527. The molecule has 0 saturated heterocycles. The van der Waals surface area contributed by atoms with Gasteiger partial charge in [-0.05, 0) is 42.7 Å². The molecule has 2 aromatic rings. The van der Waals surface area contributed by atoms with Crippen molar-refractivity contribution in [3.05, 3.63) is 64.1 Å². The third-order valence-electron chi connectivity index (χ3n) is 2.94. The van der Waals surface area contributed by atoms with Crippen LogP contribution in [-0.4, -0.2) is 11.9 Å². The summed E-state index contributed by atoms with van der Waals surface area (Å²) in [5, 5.41) is 2.85. The molecule has 0 heterocycles. The van der Waals surface area contributed by atoms with Gasteiger partial charge in [-0.3, -0.25) is 4.79 Å². The second kappa shape index (κ2) is 6.68. The molecule has 1 amide bonds. The Morgan fingerprint density at radius 1 is 1.25 bits per heavy atom. The van der Waals surface area contributed by atoms with E-state index in [1.54, 1.807) is 0 Å². The molecule has 0 aliphatic heterocycles. The molecule has 2 rings (SSSR count).